The van der Waals surface area contributed by atoms with Crippen molar-refractivity contribution in [2.45, 2.75) is 65.8 Å². The van der Waals surface area contributed by atoms with Gasteiger partial charge in [-0.15, -0.1) is 0 Å². The molecule has 0 bridgehead atoms. The average molecular weight is 349 g/mol. The summed E-state index contributed by atoms with van der Waals surface area (Å²) >= 11 is 0. The largest absolute Gasteiger partial charge is 0.483 e. The lowest BCUT2D eigenvalue weighted by Gasteiger charge is -2.43. The first-order valence-corrected chi connectivity index (χ1v) is 8.86. The van der Waals surface area contributed by atoms with Crippen molar-refractivity contribution in [3.63, 3.8) is 0 Å². The number of rotatable bonds is 5. The SMILES string of the molecule is CCNc1ccc2c(c1)C(OC)C(OC(=O)CC(C)(C)C)C(C)(C)O2. The molecule has 0 fully saturated rings. The number of carbonyl (C=O) groups is 1. The first-order valence-electron chi connectivity index (χ1n) is 8.86. The number of hydrogen-bond donors (Lipinski definition) is 1. The highest BCUT2D eigenvalue weighted by Crippen LogP contribution is 2.44. The van der Waals surface area contributed by atoms with E-state index < -0.39 is 11.7 Å². The highest BCUT2D eigenvalue weighted by molar-refractivity contribution is 5.70. The predicted molar refractivity (Wildman–Crippen MR) is 99.0 cm³/mol. The van der Waals surface area contributed by atoms with E-state index in [4.69, 9.17) is 14.2 Å². The molecular weight excluding hydrogens is 318 g/mol. The van der Waals surface area contributed by atoms with Crippen LogP contribution in [0.5, 0.6) is 5.75 Å². The molecule has 1 N–H and O–H groups in total. The van der Waals surface area contributed by atoms with Crippen LogP contribution in [0, 0.1) is 5.41 Å². The van der Waals surface area contributed by atoms with Gasteiger partial charge in [0.25, 0.3) is 0 Å². The van der Waals surface area contributed by atoms with Crippen molar-refractivity contribution in [2.24, 2.45) is 5.41 Å². The van der Waals surface area contributed by atoms with Gasteiger partial charge in [0.15, 0.2) is 6.10 Å². The molecule has 0 spiro atoms. The Labute approximate surface area is 151 Å². The number of esters is 1. The first kappa shape index (κ1) is 19.6. The number of ether oxygens (including phenoxy) is 3. The van der Waals surface area contributed by atoms with Gasteiger partial charge in [-0.2, -0.15) is 0 Å². The molecule has 0 aliphatic carbocycles. The molecule has 0 saturated heterocycles. The van der Waals surface area contributed by atoms with E-state index in [9.17, 15) is 4.79 Å². The molecule has 5 nitrogen and oxygen atoms in total. The molecule has 140 valence electrons. The van der Waals surface area contributed by atoms with Gasteiger partial charge in [-0.25, -0.2) is 0 Å². The van der Waals surface area contributed by atoms with Gasteiger partial charge in [0, 0.05) is 24.9 Å². The van der Waals surface area contributed by atoms with Crippen LogP contribution >= 0.6 is 0 Å². The molecule has 5 heteroatoms. The Morgan fingerprint density at radius 3 is 2.56 bits per heavy atom. The Balaban J connectivity index is 2.33. The summed E-state index contributed by atoms with van der Waals surface area (Å²) in [5, 5.41) is 3.29. The van der Waals surface area contributed by atoms with Gasteiger partial charge in [-0.05, 0) is 44.4 Å². The van der Waals surface area contributed by atoms with E-state index in [1.54, 1.807) is 7.11 Å². The summed E-state index contributed by atoms with van der Waals surface area (Å²) < 4.78 is 17.7. The number of anilines is 1. The van der Waals surface area contributed by atoms with E-state index >= 15 is 0 Å². The first-order chi connectivity index (χ1) is 11.6. The monoisotopic (exact) mass is 349 g/mol. The normalized spacial score (nSPS) is 21.9. The second-order valence-electron chi connectivity index (χ2n) is 8.29. The van der Waals surface area contributed by atoms with Crippen LogP contribution in [0.1, 0.15) is 59.6 Å². The van der Waals surface area contributed by atoms with E-state index in [1.165, 1.54) is 0 Å². The zero-order valence-corrected chi connectivity index (χ0v) is 16.4. The van der Waals surface area contributed by atoms with Gasteiger partial charge in [-0.3, -0.25) is 4.79 Å². The van der Waals surface area contributed by atoms with Crippen LogP contribution in [0.3, 0.4) is 0 Å². The van der Waals surface area contributed by atoms with E-state index in [-0.39, 0.29) is 17.5 Å². The fourth-order valence-electron chi connectivity index (χ4n) is 3.12. The number of nitrogens with one attached hydrogen (secondary N) is 1. The van der Waals surface area contributed by atoms with Crippen molar-refractivity contribution in [3.8, 4) is 5.75 Å². The molecule has 0 amide bonds. The van der Waals surface area contributed by atoms with E-state index in [0.717, 1.165) is 23.5 Å². The Kier molecular flexibility index (Phi) is 5.67. The third-order valence-electron chi connectivity index (χ3n) is 4.22. The maximum absolute atomic E-state index is 12.4. The summed E-state index contributed by atoms with van der Waals surface area (Å²) in [5.41, 5.74) is 1.08. The van der Waals surface area contributed by atoms with Gasteiger partial charge in [0.05, 0.1) is 6.42 Å². The topological polar surface area (TPSA) is 56.8 Å². The lowest BCUT2D eigenvalue weighted by atomic mass is 9.87. The Bertz CT molecular complexity index is 619. The molecule has 1 aromatic rings. The number of hydrogen-bond acceptors (Lipinski definition) is 5. The van der Waals surface area contributed by atoms with E-state index in [1.807, 2.05) is 59.7 Å². The van der Waals surface area contributed by atoms with Crippen molar-refractivity contribution in [1.82, 2.24) is 0 Å². The summed E-state index contributed by atoms with van der Waals surface area (Å²) in [7, 11) is 1.64. The molecule has 1 aromatic carbocycles. The highest BCUT2D eigenvalue weighted by Gasteiger charge is 2.47. The van der Waals surface area contributed by atoms with Crippen LogP contribution in [0.4, 0.5) is 5.69 Å². The van der Waals surface area contributed by atoms with Crippen molar-refractivity contribution in [1.29, 1.82) is 0 Å². The molecule has 1 heterocycles. The summed E-state index contributed by atoms with van der Waals surface area (Å²) in [6.45, 7) is 12.8. The predicted octanol–water partition coefficient (Wildman–Crippen LogP) is 4.32. The average Bonchev–Trinajstić information content (AvgIpc) is 2.46. The molecule has 0 aromatic heterocycles. The van der Waals surface area contributed by atoms with E-state index in [0.29, 0.717) is 6.42 Å². The molecule has 0 radical (unpaired) electrons. The minimum atomic E-state index is -0.680. The minimum absolute atomic E-state index is 0.130. The fourth-order valence-corrected chi connectivity index (χ4v) is 3.12. The Morgan fingerprint density at radius 2 is 2.00 bits per heavy atom. The summed E-state index contributed by atoms with van der Waals surface area (Å²) in [6, 6.07) is 5.93. The van der Waals surface area contributed by atoms with Crippen LogP contribution in [-0.4, -0.2) is 31.3 Å². The molecular formula is C20H31NO4. The van der Waals surface area contributed by atoms with Crippen molar-refractivity contribution in [3.05, 3.63) is 23.8 Å². The smallest absolute Gasteiger partial charge is 0.306 e. The van der Waals surface area contributed by atoms with Gasteiger partial charge >= 0.3 is 5.97 Å². The maximum Gasteiger partial charge on any atom is 0.306 e. The summed E-state index contributed by atoms with van der Waals surface area (Å²) in [6.07, 6.45) is -0.543. The molecule has 2 rings (SSSR count). The molecule has 1 aliphatic heterocycles. The van der Waals surface area contributed by atoms with E-state index in [2.05, 4.69) is 5.32 Å². The van der Waals surface area contributed by atoms with Gasteiger partial charge < -0.3 is 19.5 Å². The lowest BCUT2D eigenvalue weighted by Crippen LogP contribution is -2.51. The summed E-state index contributed by atoms with van der Waals surface area (Å²) in [4.78, 5) is 12.4. The van der Waals surface area contributed by atoms with Gasteiger partial charge in [0.1, 0.15) is 17.5 Å². The Hall–Kier alpha value is -1.75. The second-order valence-corrected chi connectivity index (χ2v) is 8.29. The number of fused-ring (bicyclic) bond motifs is 1. The van der Waals surface area contributed by atoms with Crippen molar-refractivity contribution < 1.29 is 19.0 Å². The standard InChI is InChI=1S/C20H31NO4/c1-8-21-13-9-10-15-14(11-13)17(23-7)18(20(5,6)25-15)24-16(22)12-19(2,3)4/h9-11,17-18,21H,8,12H2,1-7H3. The van der Waals surface area contributed by atoms with Crippen LogP contribution in [0.15, 0.2) is 18.2 Å². The second kappa shape index (κ2) is 7.24. The number of benzene rings is 1. The minimum Gasteiger partial charge on any atom is -0.483 e. The molecule has 2 atom stereocenters. The van der Waals surface area contributed by atoms with Gasteiger partial charge in [0.2, 0.25) is 0 Å². The lowest BCUT2D eigenvalue weighted by molar-refractivity contribution is -0.182. The maximum atomic E-state index is 12.4. The fraction of sp³-hybridized carbons (Fsp3) is 0.650. The number of carbonyl (C=O) groups excluding carboxylic acids is 1. The van der Waals surface area contributed by atoms with Crippen LogP contribution in [0.25, 0.3) is 0 Å². The van der Waals surface area contributed by atoms with Crippen LogP contribution < -0.4 is 10.1 Å². The highest BCUT2D eigenvalue weighted by atomic mass is 16.6. The third-order valence-corrected chi connectivity index (χ3v) is 4.22. The molecule has 1 aliphatic rings. The molecule has 25 heavy (non-hydrogen) atoms. The molecule has 0 saturated carbocycles. The van der Waals surface area contributed by atoms with Crippen molar-refractivity contribution in [2.75, 3.05) is 19.0 Å². The molecule has 2 unspecified atom stereocenters. The summed E-state index contributed by atoms with van der Waals surface area (Å²) in [5.74, 6) is 0.532. The zero-order chi connectivity index (χ0) is 18.8. The number of methoxy groups -OCH3 is 1. The quantitative estimate of drug-likeness (QED) is 0.802. The van der Waals surface area contributed by atoms with Crippen LogP contribution in [0.2, 0.25) is 0 Å². The van der Waals surface area contributed by atoms with Crippen molar-refractivity contribution >= 4 is 11.7 Å². The van der Waals surface area contributed by atoms with Crippen LogP contribution in [-0.2, 0) is 14.3 Å². The van der Waals surface area contributed by atoms with Gasteiger partial charge in [-0.1, -0.05) is 20.8 Å². The third kappa shape index (κ3) is 4.66. The Morgan fingerprint density at radius 1 is 1.32 bits per heavy atom. The zero-order valence-electron chi connectivity index (χ0n) is 16.4.